The average Bonchev–Trinajstić information content (AvgIpc) is 2.27. The van der Waals surface area contributed by atoms with Crippen molar-refractivity contribution in [1.82, 2.24) is 20.2 Å². The Kier molecular flexibility index (Phi) is 2.24. The lowest BCUT2D eigenvalue weighted by molar-refractivity contribution is 0.0600. The molecule has 0 atom stereocenters. The zero-order valence-corrected chi connectivity index (χ0v) is 8.26. The van der Waals surface area contributed by atoms with Crippen LogP contribution in [0.25, 0.3) is 11.2 Å². The molecule has 6 heteroatoms. The summed E-state index contributed by atoms with van der Waals surface area (Å²) in [5.41, 5.74) is 1.29. The van der Waals surface area contributed by atoms with Crippen LogP contribution >= 0.6 is 0 Å². The summed E-state index contributed by atoms with van der Waals surface area (Å²) >= 11 is 0. The van der Waals surface area contributed by atoms with E-state index in [2.05, 4.69) is 24.9 Å². The molecule has 2 rings (SSSR count). The van der Waals surface area contributed by atoms with Gasteiger partial charge in [-0.2, -0.15) is 0 Å². The van der Waals surface area contributed by atoms with E-state index in [0.717, 1.165) is 0 Å². The molecular weight excluding hydrogens is 196 g/mol. The SMILES string of the molecule is COC(=O)c1cnc2nnc(C)nc2c1. The van der Waals surface area contributed by atoms with Crippen LogP contribution in [0.1, 0.15) is 16.2 Å². The predicted octanol–water partition coefficient (Wildman–Crippen LogP) is 0.515. The van der Waals surface area contributed by atoms with E-state index in [1.54, 1.807) is 13.0 Å². The van der Waals surface area contributed by atoms with Crippen LogP contribution in [0.3, 0.4) is 0 Å². The first-order valence-electron chi connectivity index (χ1n) is 4.26. The van der Waals surface area contributed by atoms with Crippen LogP contribution in [0.2, 0.25) is 0 Å². The number of methoxy groups -OCH3 is 1. The number of carbonyl (C=O) groups excluding carboxylic acids is 1. The first-order valence-corrected chi connectivity index (χ1v) is 4.26. The second-order valence-electron chi connectivity index (χ2n) is 2.92. The summed E-state index contributed by atoms with van der Waals surface area (Å²) in [6.07, 6.45) is 1.39. The average molecular weight is 204 g/mol. The fraction of sp³-hybridized carbons (Fsp3) is 0.222. The lowest BCUT2D eigenvalue weighted by Gasteiger charge is -1.99. The minimum Gasteiger partial charge on any atom is -0.465 e. The highest BCUT2D eigenvalue weighted by Crippen LogP contribution is 2.08. The molecule has 0 aliphatic carbocycles. The van der Waals surface area contributed by atoms with E-state index < -0.39 is 5.97 Å². The minimum atomic E-state index is -0.444. The molecule has 15 heavy (non-hydrogen) atoms. The standard InChI is InChI=1S/C9H8N4O2/c1-5-11-7-3-6(9(14)15-2)4-10-8(7)13-12-5/h3-4H,1-2H3. The van der Waals surface area contributed by atoms with E-state index in [1.165, 1.54) is 13.3 Å². The molecule has 0 spiro atoms. The van der Waals surface area contributed by atoms with Gasteiger partial charge in [0.1, 0.15) is 11.3 Å². The van der Waals surface area contributed by atoms with Gasteiger partial charge >= 0.3 is 5.97 Å². The third kappa shape index (κ3) is 1.74. The van der Waals surface area contributed by atoms with Crippen molar-refractivity contribution in [2.24, 2.45) is 0 Å². The van der Waals surface area contributed by atoms with Crippen LogP contribution in [0.15, 0.2) is 12.3 Å². The molecule has 2 aromatic rings. The Bertz CT molecular complexity index is 527. The Morgan fingerprint density at radius 2 is 2.20 bits per heavy atom. The Labute approximate surface area is 85.3 Å². The third-order valence-corrected chi connectivity index (χ3v) is 1.84. The number of fused-ring (bicyclic) bond motifs is 1. The largest absolute Gasteiger partial charge is 0.465 e. The van der Waals surface area contributed by atoms with Crippen LogP contribution in [-0.2, 0) is 4.74 Å². The molecule has 0 saturated carbocycles. The van der Waals surface area contributed by atoms with Gasteiger partial charge in [0.2, 0.25) is 5.65 Å². The normalized spacial score (nSPS) is 10.3. The van der Waals surface area contributed by atoms with Gasteiger partial charge in [-0.25, -0.2) is 14.8 Å². The number of carbonyl (C=O) groups is 1. The van der Waals surface area contributed by atoms with Crippen molar-refractivity contribution in [3.63, 3.8) is 0 Å². The summed E-state index contributed by atoms with van der Waals surface area (Å²) in [5, 5.41) is 7.59. The summed E-state index contributed by atoms with van der Waals surface area (Å²) in [6, 6.07) is 1.58. The second kappa shape index (κ2) is 3.56. The maximum Gasteiger partial charge on any atom is 0.339 e. The molecule has 0 bridgehead atoms. The third-order valence-electron chi connectivity index (χ3n) is 1.84. The van der Waals surface area contributed by atoms with Gasteiger partial charge in [-0.1, -0.05) is 0 Å². The van der Waals surface area contributed by atoms with Gasteiger partial charge in [-0.3, -0.25) is 0 Å². The van der Waals surface area contributed by atoms with E-state index >= 15 is 0 Å². The summed E-state index contributed by atoms with van der Waals surface area (Å²) in [5.74, 6) is 0.0898. The van der Waals surface area contributed by atoms with Crippen LogP contribution in [-0.4, -0.2) is 33.2 Å². The summed E-state index contributed by atoms with van der Waals surface area (Å²) in [4.78, 5) is 19.3. The fourth-order valence-electron chi connectivity index (χ4n) is 1.15. The first kappa shape index (κ1) is 9.45. The molecule has 76 valence electrons. The minimum absolute atomic E-state index is 0.352. The molecule has 2 heterocycles. The quantitative estimate of drug-likeness (QED) is 0.630. The van der Waals surface area contributed by atoms with Crippen molar-refractivity contribution in [1.29, 1.82) is 0 Å². The number of nitrogens with zero attached hydrogens (tertiary/aromatic N) is 4. The molecule has 0 aliphatic rings. The summed E-state index contributed by atoms with van der Waals surface area (Å²) < 4.78 is 4.57. The molecular formula is C9H8N4O2. The number of aromatic nitrogens is 4. The molecule has 0 saturated heterocycles. The molecule has 0 radical (unpaired) electrons. The molecule has 0 N–H and O–H groups in total. The number of ether oxygens (including phenoxy) is 1. The van der Waals surface area contributed by atoms with E-state index in [0.29, 0.717) is 22.6 Å². The smallest absolute Gasteiger partial charge is 0.339 e. The summed E-state index contributed by atoms with van der Waals surface area (Å²) in [7, 11) is 1.32. The van der Waals surface area contributed by atoms with E-state index in [9.17, 15) is 4.79 Å². The van der Waals surface area contributed by atoms with Crippen molar-refractivity contribution < 1.29 is 9.53 Å². The topological polar surface area (TPSA) is 77.9 Å². The summed E-state index contributed by atoms with van der Waals surface area (Å²) in [6.45, 7) is 1.72. The van der Waals surface area contributed by atoms with Crippen molar-refractivity contribution in [3.05, 3.63) is 23.7 Å². The van der Waals surface area contributed by atoms with E-state index in [4.69, 9.17) is 0 Å². The molecule has 2 aromatic heterocycles. The van der Waals surface area contributed by atoms with Gasteiger partial charge in [-0.15, -0.1) is 10.2 Å². The number of aryl methyl sites for hydroxylation is 1. The molecule has 0 aromatic carbocycles. The Morgan fingerprint density at radius 1 is 1.40 bits per heavy atom. The van der Waals surface area contributed by atoms with Gasteiger partial charge in [0, 0.05) is 6.20 Å². The second-order valence-corrected chi connectivity index (χ2v) is 2.92. The highest BCUT2D eigenvalue weighted by atomic mass is 16.5. The number of hydrogen-bond acceptors (Lipinski definition) is 6. The highest BCUT2D eigenvalue weighted by Gasteiger charge is 2.08. The van der Waals surface area contributed by atoms with Crippen molar-refractivity contribution in [2.45, 2.75) is 6.92 Å². The van der Waals surface area contributed by atoms with Gasteiger partial charge in [0.05, 0.1) is 12.7 Å². The zero-order chi connectivity index (χ0) is 10.8. The first-order chi connectivity index (χ1) is 7.20. The number of esters is 1. The Morgan fingerprint density at radius 3 is 2.93 bits per heavy atom. The van der Waals surface area contributed by atoms with Gasteiger partial charge in [-0.05, 0) is 13.0 Å². The lowest BCUT2D eigenvalue weighted by atomic mass is 10.3. The molecule has 0 unspecified atom stereocenters. The van der Waals surface area contributed by atoms with Crippen molar-refractivity contribution in [2.75, 3.05) is 7.11 Å². The van der Waals surface area contributed by atoms with Crippen LogP contribution in [0, 0.1) is 6.92 Å². The fourth-order valence-corrected chi connectivity index (χ4v) is 1.15. The van der Waals surface area contributed by atoms with Crippen LogP contribution in [0.4, 0.5) is 0 Å². The maximum absolute atomic E-state index is 11.2. The number of rotatable bonds is 1. The van der Waals surface area contributed by atoms with Gasteiger partial charge in [0.25, 0.3) is 0 Å². The highest BCUT2D eigenvalue weighted by molar-refractivity contribution is 5.91. The van der Waals surface area contributed by atoms with E-state index in [-0.39, 0.29) is 0 Å². The molecule has 0 aliphatic heterocycles. The molecule has 0 fully saturated rings. The predicted molar refractivity (Wildman–Crippen MR) is 51.2 cm³/mol. The van der Waals surface area contributed by atoms with E-state index in [1.807, 2.05) is 0 Å². The Balaban J connectivity index is 2.59. The number of pyridine rings is 1. The molecule has 6 nitrogen and oxygen atoms in total. The van der Waals surface area contributed by atoms with Crippen LogP contribution in [0.5, 0.6) is 0 Å². The Hall–Kier alpha value is -2.11. The maximum atomic E-state index is 11.2. The van der Waals surface area contributed by atoms with Crippen molar-refractivity contribution in [3.8, 4) is 0 Å². The van der Waals surface area contributed by atoms with Crippen LogP contribution < -0.4 is 0 Å². The monoisotopic (exact) mass is 204 g/mol. The lowest BCUT2D eigenvalue weighted by Crippen LogP contribution is -2.03. The van der Waals surface area contributed by atoms with Crippen molar-refractivity contribution >= 4 is 17.1 Å². The van der Waals surface area contributed by atoms with Gasteiger partial charge in [0.15, 0.2) is 0 Å². The van der Waals surface area contributed by atoms with Gasteiger partial charge < -0.3 is 4.74 Å². The molecule has 0 amide bonds. The number of hydrogen-bond donors (Lipinski definition) is 0. The zero-order valence-electron chi connectivity index (χ0n) is 8.26.